The molecule has 158 valence electrons. The molecule has 0 atom stereocenters. The number of aromatic nitrogens is 3. The number of amides is 1. The van der Waals surface area contributed by atoms with Gasteiger partial charge in [0.1, 0.15) is 11.4 Å². The van der Waals surface area contributed by atoms with Gasteiger partial charge in [-0.15, -0.1) is 11.3 Å². The first-order valence-electron chi connectivity index (χ1n) is 9.01. The summed E-state index contributed by atoms with van der Waals surface area (Å²) < 4.78 is 27.1. The molecule has 0 radical (unpaired) electrons. The Morgan fingerprint density at radius 3 is 2.61 bits per heavy atom. The standard InChI is InChI=1S/C20H17N5O4S2/c1-12-2-7-18(26)15(10-12)16-11-17(24-23-16)19(27)22-13-3-5-14(6-4-13)31(28,29)25-20-21-8-9-30-20/h2-11,26H,1H3,(H,21,25)(H,22,27)(H,23,24). The molecule has 4 aromatic rings. The van der Waals surface area contributed by atoms with Gasteiger partial charge in [0.15, 0.2) is 5.13 Å². The minimum atomic E-state index is -3.77. The number of anilines is 2. The first-order valence-corrected chi connectivity index (χ1v) is 11.4. The monoisotopic (exact) mass is 455 g/mol. The molecule has 4 N–H and O–H groups in total. The van der Waals surface area contributed by atoms with Crippen molar-refractivity contribution in [3.05, 3.63) is 71.4 Å². The highest BCUT2D eigenvalue weighted by Gasteiger charge is 2.17. The Hall–Kier alpha value is -3.70. The molecular formula is C20H17N5O4S2. The number of thiazole rings is 1. The van der Waals surface area contributed by atoms with Gasteiger partial charge < -0.3 is 10.4 Å². The number of benzene rings is 2. The number of hydrogen-bond donors (Lipinski definition) is 4. The van der Waals surface area contributed by atoms with Gasteiger partial charge in [-0.25, -0.2) is 13.4 Å². The first-order chi connectivity index (χ1) is 14.8. The van der Waals surface area contributed by atoms with E-state index in [1.807, 2.05) is 6.92 Å². The van der Waals surface area contributed by atoms with Crippen LogP contribution >= 0.6 is 11.3 Å². The van der Waals surface area contributed by atoms with Crippen LogP contribution in [0.1, 0.15) is 16.1 Å². The Labute approximate surface area is 181 Å². The zero-order chi connectivity index (χ0) is 22.0. The Morgan fingerprint density at radius 1 is 1.13 bits per heavy atom. The number of phenolic OH excluding ortho intramolecular Hbond substituents is 1. The molecule has 4 rings (SSSR count). The third kappa shape index (κ3) is 4.57. The van der Waals surface area contributed by atoms with Crippen LogP contribution in [0.25, 0.3) is 11.3 Å². The zero-order valence-electron chi connectivity index (χ0n) is 16.2. The molecule has 2 heterocycles. The maximum atomic E-state index is 12.5. The summed E-state index contributed by atoms with van der Waals surface area (Å²) in [6.07, 6.45) is 1.50. The smallest absolute Gasteiger partial charge is 0.273 e. The van der Waals surface area contributed by atoms with Crippen LogP contribution in [-0.4, -0.2) is 34.6 Å². The number of aromatic hydroxyl groups is 1. The van der Waals surface area contributed by atoms with E-state index >= 15 is 0 Å². The van der Waals surface area contributed by atoms with E-state index < -0.39 is 15.9 Å². The fourth-order valence-corrected chi connectivity index (χ4v) is 4.58. The van der Waals surface area contributed by atoms with Crippen LogP contribution in [0.4, 0.5) is 10.8 Å². The molecule has 0 bridgehead atoms. The van der Waals surface area contributed by atoms with Crippen molar-refractivity contribution in [3.8, 4) is 17.0 Å². The lowest BCUT2D eigenvalue weighted by molar-refractivity contribution is 0.102. The largest absolute Gasteiger partial charge is 0.507 e. The molecule has 0 aliphatic carbocycles. The van der Waals surface area contributed by atoms with E-state index in [0.717, 1.165) is 5.56 Å². The fraction of sp³-hybridized carbons (Fsp3) is 0.0500. The quantitative estimate of drug-likeness (QED) is 0.351. The number of nitrogens with one attached hydrogen (secondary N) is 3. The van der Waals surface area contributed by atoms with Crippen LogP contribution in [0.5, 0.6) is 5.75 Å². The molecule has 9 nitrogen and oxygen atoms in total. The van der Waals surface area contributed by atoms with E-state index in [1.54, 1.807) is 23.6 Å². The van der Waals surface area contributed by atoms with Crippen LogP contribution in [0, 0.1) is 6.92 Å². The molecule has 0 aliphatic rings. The second-order valence-corrected chi connectivity index (χ2v) is 9.19. The Balaban J connectivity index is 1.47. The summed E-state index contributed by atoms with van der Waals surface area (Å²) in [6.45, 7) is 1.89. The van der Waals surface area contributed by atoms with Crippen molar-refractivity contribution < 1.29 is 18.3 Å². The van der Waals surface area contributed by atoms with E-state index in [2.05, 4.69) is 25.2 Å². The fourth-order valence-electron chi connectivity index (χ4n) is 2.79. The third-order valence-corrected chi connectivity index (χ3v) is 6.50. The van der Waals surface area contributed by atoms with E-state index in [1.165, 1.54) is 47.9 Å². The van der Waals surface area contributed by atoms with Crippen LogP contribution in [0.15, 0.2) is 65.0 Å². The molecule has 0 saturated carbocycles. The van der Waals surface area contributed by atoms with E-state index in [0.29, 0.717) is 16.9 Å². The maximum absolute atomic E-state index is 12.5. The number of rotatable bonds is 6. The maximum Gasteiger partial charge on any atom is 0.273 e. The van der Waals surface area contributed by atoms with Gasteiger partial charge in [0.05, 0.1) is 10.6 Å². The van der Waals surface area contributed by atoms with Crippen molar-refractivity contribution in [1.82, 2.24) is 15.2 Å². The number of carbonyl (C=O) groups is 1. The minimum Gasteiger partial charge on any atom is -0.507 e. The van der Waals surface area contributed by atoms with Gasteiger partial charge in [-0.2, -0.15) is 5.10 Å². The predicted molar refractivity (Wildman–Crippen MR) is 118 cm³/mol. The summed E-state index contributed by atoms with van der Waals surface area (Å²) in [5.41, 5.74) is 2.49. The highest BCUT2D eigenvalue weighted by molar-refractivity contribution is 7.93. The number of sulfonamides is 1. The number of aromatic amines is 1. The van der Waals surface area contributed by atoms with Crippen LogP contribution in [-0.2, 0) is 10.0 Å². The lowest BCUT2D eigenvalue weighted by atomic mass is 10.1. The molecule has 31 heavy (non-hydrogen) atoms. The summed E-state index contributed by atoms with van der Waals surface area (Å²) in [4.78, 5) is 16.5. The molecule has 1 amide bonds. The van der Waals surface area contributed by atoms with Crippen LogP contribution < -0.4 is 10.0 Å². The molecule has 0 aliphatic heterocycles. The number of phenols is 1. The number of aryl methyl sites for hydroxylation is 1. The molecule has 2 aromatic carbocycles. The first kappa shape index (κ1) is 20.6. The highest BCUT2D eigenvalue weighted by atomic mass is 32.2. The third-order valence-electron chi connectivity index (χ3n) is 4.33. The average Bonchev–Trinajstić information content (AvgIpc) is 3.42. The zero-order valence-corrected chi connectivity index (χ0v) is 17.8. The van der Waals surface area contributed by atoms with Gasteiger partial charge >= 0.3 is 0 Å². The van der Waals surface area contributed by atoms with E-state index in [9.17, 15) is 18.3 Å². The van der Waals surface area contributed by atoms with Crippen LogP contribution in [0.2, 0.25) is 0 Å². The van der Waals surface area contributed by atoms with Gasteiger partial charge in [0.25, 0.3) is 15.9 Å². The van der Waals surface area contributed by atoms with Crippen molar-refractivity contribution in [2.45, 2.75) is 11.8 Å². The van der Waals surface area contributed by atoms with Gasteiger partial charge in [0, 0.05) is 22.8 Å². The second-order valence-electron chi connectivity index (χ2n) is 6.61. The summed E-state index contributed by atoms with van der Waals surface area (Å²) in [5.74, 6) is -0.394. The Morgan fingerprint density at radius 2 is 1.90 bits per heavy atom. The molecule has 2 aromatic heterocycles. The van der Waals surface area contributed by atoms with Crippen molar-refractivity contribution in [2.24, 2.45) is 0 Å². The van der Waals surface area contributed by atoms with Crippen LogP contribution in [0.3, 0.4) is 0 Å². The number of H-pyrrole nitrogens is 1. The molecule has 11 heteroatoms. The number of nitrogens with zero attached hydrogens (tertiary/aromatic N) is 2. The highest BCUT2D eigenvalue weighted by Crippen LogP contribution is 2.29. The molecular weight excluding hydrogens is 438 g/mol. The number of carbonyl (C=O) groups excluding carboxylic acids is 1. The molecule has 0 spiro atoms. The molecule has 0 unspecified atom stereocenters. The second kappa shape index (κ2) is 8.20. The predicted octanol–water partition coefficient (Wildman–Crippen LogP) is 3.60. The van der Waals surface area contributed by atoms with E-state index in [-0.39, 0.29) is 21.5 Å². The Bertz CT molecular complexity index is 1330. The SMILES string of the molecule is Cc1ccc(O)c(-c2cc(C(=O)Nc3ccc(S(=O)(=O)Nc4nccs4)cc3)[nH]n2)c1. The van der Waals surface area contributed by atoms with Gasteiger partial charge in [-0.3, -0.25) is 14.6 Å². The van der Waals surface area contributed by atoms with Gasteiger partial charge in [0.2, 0.25) is 0 Å². The van der Waals surface area contributed by atoms with Crippen molar-refractivity contribution >= 4 is 38.1 Å². The van der Waals surface area contributed by atoms with Crippen molar-refractivity contribution in [2.75, 3.05) is 10.0 Å². The summed E-state index contributed by atoms with van der Waals surface area (Å²) in [6, 6.07) is 12.4. The summed E-state index contributed by atoms with van der Waals surface area (Å²) in [7, 11) is -3.77. The molecule has 0 fully saturated rings. The lowest BCUT2D eigenvalue weighted by Crippen LogP contribution is -2.14. The Kier molecular flexibility index (Phi) is 5.44. The number of hydrogen-bond acceptors (Lipinski definition) is 7. The van der Waals surface area contributed by atoms with Crippen molar-refractivity contribution in [3.63, 3.8) is 0 Å². The van der Waals surface area contributed by atoms with Gasteiger partial charge in [-0.05, 0) is 49.4 Å². The van der Waals surface area contributed by atoms with Gasteiger partial charge in [-0.1, -0.05) is 11.6 Å². The normalized spacial score (nSPS) is 11.3. The summed E-state index contributed by atoms with van der Waals surface area (Å²) in [5, 5.41) is 21.4. The topological polar surface area (TPSA) is 137 Å². The van der Waals surface area contributed by atoms with Crippen molar-refractivity contribution in [1.29, 1.82) is 0 Å². The average molecular weight is 456 g/mol. The van der Waals surface area contributed by atoms with E-state index in [4.69, 9.17) is 0 Å². The lowest BCUT2D eigenvalue weighted by Gasteiger charge is -2.07. The summed E-state index contributed by atoms with van der Waals surface area (Å²) >= 11 is 1.17. The molecule has 0 saturated heterocycles. The minimum absolute atomic E-state index is 0.0412.